The zero-order chi connectivity index (χ0) is 10.4. The summed E-state index contributed by atoms with van der Waals surface area (Å²) in [4.78, 5) is 0. The Morgan fingerprint density at radius 1 is 1.14 bits per heavy atom. The van der Waals surface area contributed by atoms with E-state index < -0.39 is 0 Å². The van der Waals surface area contributed by atoms with Crippen molar-refractivity contribution in [1.82, 2.24) is 0 Å². The van der Waals surface area contributed by atoms with Gasteiger partial charge in [0, 0.05) is 4.43 Å². The first kappa shape index (κ1) is 12.8. The van der Waals surface area contributed by atoms with Crippen molar-refractivity contribution in [1.29, 1.82) is 0 Å². The van der Waals surface area contributed by atoms with Crippen molar-refractivity contribution in [2.45, 2.75) is 70.5 Å². The molecule has 84 valence electrons. The van der Waals surface area contributed by atoms with Crippen LogP contribution in [0.25, 0.3) is 0 Å². The normalized spacial score (nSPS) is 21.4. The predicted octanol–water partition coefficient (Wildman–Crippen LogP) is 4.33. The van der Waals surface area contributed by atoms with Crippen molar-refractivity contribution in [3.05, 3.63) is 0 Å². The van der Waals surface area contributed by atoms with Crippen LogP contribution in [0.1, 0.15) is 58.8 Å². The molecule has 0 unspecified atom stereocenters. The quantitative estimate of drug-likeness (QED) is 0.542. The molecule has 0 saturated heterocycles. The fourth-order valence-electron chi connectivity index (χ4n) is 2.29. The van der Waals surface area contributed by atoms with Crippen molar-refractivity contribution < 1.29 is 4.74 Å². The van der Waals surface area contributed by atoms with Crippen LogP contribution in [-0.4, -0.2) is 16.1 Å². The van der Waals surface area contributed by atoms with Crippen molar-refractivity contribution in [3.8, 4) is 0 Å². The first-order valence-corrected chi connectivity index (χ1v) is 7.52. The minimum atomic E-state index is 0.232. The molecular formula is C12H23IO. The summed E-state index contributed by atoms with van der Waals surface area (Å²) in [7, 11) is 0. The zero-order valence-corrected chi connectivity index (χ0v) is 11.7. The maximum Gasteiger partial charge on any atom is 0.0775 e. The van der Waals surface area contributed by atoms with Crippen LogP contribution in [-0.2, 0) is 4.74 Å². The Kier molecular flexibility index (Phi) is 5.75. The Hall–Kier alpha value is 0.690. The van der Waals surface area contributed by atoms with Crippen LogP contribution in [0.4, 0.5) is 0 Å². The lowest BCUT2D eigenvalue weighted by Gasteiger charge is -2.38. The van der Waals surface area contributed by atoms with E-state index in [9.17, 15) is 0 Å². The smallest absolute Gasteiger partial charge is 0.0775 e. The molecule has 0 aromatic heterocycles. The van der Waals surface area contributed by atoms with E-state index in [1.807, 2.05) is 0 Å². The van der Waals surface area contributed by atoms with Crippen molar-refractivity contribution >= 4 is 22.6 Å². The molecule has 0 radical (unpaired) electrons. The molecule has 0 aromatic rings. The van der Waals surface area contributed by atoms with Gasteiger partial charge in [-0.3, -0.25) is 0 Å². The number of hydrogen-bond acceptors (Lipinski definition) is 1. The lowest BCUT2D eigenvalue weighted by atomic mass is 9.86. The van der Waals surface area contributed by atoms with Gasteiger partial charge in [-0.05, 0) is 25.7 Å². The van der Waals surface area contributed by atoms with Gasteiger partial charge in [0.15, 0.2) is 0 Å². The lowest BCUT2D eigenvalue weighted by molar-refractivity contribution is -0.0987. The Morgan fingerprint density at radius 2 is 1.71 bits per heavy atom. The molecule has 1 saturated carbocycles. The summed E-state index contributed by atoms with van der Waals surface area (Å²) in [6.45, 7) is 4.47. The average molecular weight is 310 g/mol. The summed E-state index contributed by atoms with van der Waals surface area (Å²) >= 11 is 2.50. The molecule has 1 nitrogen and oxygen atoms in total. The highest BCUT2D eigenvalue weighted by molar-refractivity contribution is 14.1. The molecular weight excluding hydrogens is 287 g/mol. The second-order valence-corrected chi connectivity index (χ2v) is 5.20. The van der Waals surface area contributed by atoms with Crippen LogP contribution in [0.2, 0.25) is 0 Å². The van der Waals surface area contributed by atoms with Gasteiger partial charge >= 0.3 is 0 Å². The summed E-state index contributed by atoms with van der Waals surface area (Å²) in [5, 5.41) is 0. The van der Waals surface area contributed by atoms with Gasteiger partial charge in [-0.1, -0.05) is 55.7 Å². The molecule has 0 N–H and O–H groups in total. The van der Waals surface area contributed by atoms with E-state index in [1.165, 1.54) is 36.5 Å². The highest BCUT2D eigenvalue weighted by Crippen LogP contribution is 2.35. The minimum Gasteiger partial charge on any atom is -0.371 e. The number of hydrogen-bond donors (Lipinski definition) is 0. The van der Waals surface area contributed by atoms with Gasteiger partial charge in [0.1, 0.15) is 0 Å². The van der Waals surface area contributed by atoms with E-state index in [1.54, 1.807) is 0 Å². The molecule has 1 rings (SSSR count). The Balaban J connectivity index is 2.50. The highest BCUT2D eigenvalue weighted by Gasteiger charge is 2.33. The van der Waals surface area contributed by atoms with Gasteiger partial charge in [-0.25, -0.2) is 0 Å². The first-order chi connectivity index (χ1) is 6.76. The molecule has 0 spiro atoms. The minimum absolute atomic E-state index is 0.232. The molecule has 0 atom stereocenters. The van der Waals surface area contributed by atoms with Crippen LogP contribution in [0.5, 0.6) is 0 Å². The second kappa shape index (κ2) is 6.31. The fraction of sp³-hybridized carbons (Fsp3) is 1.00. The van der Waals surface area contributed by atoms with Crippen LogP contribution in [0.3, 0.4) is 0 Å². The molecule has 2 heteroatoms. The topological polar surface area (TPSA) is 9.23 Å². The number of alkyl halides is 1. The maximum absolute atomic E-state index is 6.32. The van der Waals surface area contributed by atoms with E-state index >= 15 is 0 Å². The molecule has 0 aromatic carbocycles. The standard InChI is InChI=1S/C12H23IO/c1-3-11(4-2)14-12(10-13)8-6-5-7-9-12/h11H,3-10H2,1-2H3. The predicted molar refractivity (Wildman–Crippen MR) is 70.2 cm³/mol. The third kappa shape index (κ3) is 3.37. The maximum atomic E-state index is 6.32. The zero-order valence-electron chi connectivity index (χ0n) is 9.52. The lowest BCUT2D eigenvalue weighted by Crippen LogP contribution is -2.40. The average Bonchev–Trinajstić information content (AvgIpc) is 2.27. The molecule has 14 heavy (non-hydrogen) atoms. The van der Waals surface area contributed by atoms with Gasteiger partial charge in [-0.2, -0.15) is 0 Å². The van der Waals surface area contributed by atoms with Gasteiger partial charge in [-0.15, -0.1) is 0 Å². The van der Waals surface area contributed by atoms with E-state index in [2.05, 4.69) is 36.4 Å². The summed E-state index contributed by atoms with van der Waals surface area (Å²) in [6.07, 6.45) is 9.52. The van der Waals surface area contributed by atoms with Gasteiger partial charge in [0.05, 0.1) is 11.7 Å². The summed E-state index contributed by atoms with van der Waals surface area (Å²) < 4.78 is 7.49. The van der Waals surface area contributed by atoms with E-state index in [4.69, 9.17) is 4.74 Å². The number of halogens is 1. The van der Waals surface area contributed by atoms with Crippen LogP contribution in [0.15, 0.2) is 0 Å². The highest BCUT2D eigenvalue weighted by atomic mass is 127. The molecule has 1 aliphatic carbocycles. The van der Waals surface area contributed by atoms with Crippen molar-refractivity contribution in [2.24, 2.45) is 0 Å². The molecule has 0 bridgehead atoms. The van der Waals surface area contributed by atoms with Gasteiger partial charge in [0.2, 0.25) is 0 Å². The van der Waals surface area contributed by atoms with Crippen molar-refractivity contribution in [2.75, 3.05) is 4.43 Å². The van der Waals surface area contributed by atoms with Crippen LogP contribution in [0, 0.1) is 0 Å². The fourth-order valence-corrected chi connectivity index (χ4v) is 3.23. The largest absolute Gasteiger partial charge is 0.371 e. The van der Waals surface area contributed by atoms with Crippen LogP contribution >= 0.6 is 22.6 Å². The Bertz CT molecular complexity index is 148. The second-order valence-electron chi connectivity index (χ2n) is 4.43. The summed E-state index contributed by atoms with van der Waals surface area (Å²) in [5.74, 6) is 0. The molecule has 1 aliphatic rings. The third-order valence-electron chi connectivity index (χ3n) is 3.34. The Labute approximate surface area is 102 Å². The molecule has 1 fully saturated rings. The molecule has 0 aliphatic heterocycles. The summed E-state index contributed by atoms with van der Waals surface area (Å²) in [6, 6.07) is 0. The van der Waals surface area contributed by atoms with Gasteiger partial charge in [0.25, 0.3) is 0 Å². The summed E-state index contributed by atoms with van der Waals surface area (Å²) in [5.41, 5.74) is 0.232. The van der Waals surface area contributed by atoms with E-state index in [-0.39, 0.29) is 5.60 Å². The first-order valence-electron chi connectivity index (χ1n) is 6.00. The SMILES string of the molecule is CCC(CC)OC1(CI)CCCCC1. The van der Waals surface area contributed by atoms with E-state index in [0.717, 1.165) is 12.8 Å². The molecule has 0 amide bonds. The number of rotatable bonds is 5. The third-order valence-corrected chi connectivity index (χ3v) is 4.73. The van der Waals surface area contributed by atoms with E-state index in [0.29, 0.717) is 6.10 Å². The van der Waals surface area contributed by atoms with Crippen LogP contribution < -0.4 is 0 Å². The van der Waals surface area contributed by atoms with Crippen molar-refractivity contribution in [3.63, 3.8) is 0 Å². The number of ether oxygens (including phenoxy) is 1. The molecule has 0 heterocycles. The van der Waals surface area contributed by atoms with Gasteiger partial charge < -0.3 is 4.74 Å². The Morgan fingerprint density at radius 3 is 2.14 bits per heavy atom. The monoisotopic (exact) mass is 310 g/mol.